The SMILES string of the molecule is CCc1nc(N(C)C2CCC(C)(C)CC2)sc1CNC. The van der Waals surface area contributed by atoms with Crippen LogP contribution in [0.2, 0.25) is 0 Å². The minimum absolute atomic E-state index is 0.534. The summed E-state index contributed by atoms with van der Waals surface area (Å²) in [5, 5.41) is 4.46. The molecule has 1 aliphatic rings. The van der Waals surface area contributed by atoms with Gasteiger partial charge in [0.1, 0.15) is 0 Å². The van der Waals surface area contributed by atoms with Crippen molar-refractivity contribution in [3.63, 3.8) is 0 Å². The van der Waals surface area contributed by atoms with Crippen molar-refractivity contribution in [1.82, 2.24) is 10.3 Å². The molecule has 1 N–H and O–H groups in total. The van der Waals surface area contributed by atoms with Crippen LogP contribution in [0.4, 0.5) is 5.13 Å². The Bertz CT molecular complexity index is 429. The molecule has 4 heteroatoms. The molecular formula is C16H29N3S. The van der Waals surface area contributed by atoms with Crippen LogP contribution < -0.4 is 10.2 Å². The van der Waals surface area contributed by atoms with Gasteiger partial charge in [0.15, 0.2) is 5.13 Å². The highest BCUT2D eigenvalue weighted by Gasteiger charge is 2.30. The predicted octanol–water partition coefficient (Wildman–Crippen LogP) is 3.83. The van der Waals surface area contributed by atoms with E-state index in [0.717, 1.165) is 13.0 Å². The van der Waals surface area contributed by atoms with Crippen LogP contribution in [0.1, 0.15) is 57.0 Å². The van der Waals surface area contributed by atoms with Crippen molar-refractivity contribution in [2.45, 2.75) is 65.5 Å². The molecule has 1 aromatic rings. The Labute approximate surface area is 127 Å². The van der Waals surface area contributed by atoms with Crippen LogP contribution in [0.5, 0.6) is 0 Å². The summed E-state index contributed by atoms with van der Waals surface area (Å²) < 4.78 is 0. The van der Waals surface area contributed by atoms with Gasteiger partial charge in [0.25, 0.3) is 0 Å². The molecule has 0 saturated heterocycles. The summed E-state index contributed by atoms with van der Waals surface area (Å²) in [6, 6.07) is 0.668. The molecule has 0 unspecified atom stereocenters. The number of anilines is 1. The first-order valence-corrected chi connectivity index (χ1v) is 8.64. The number of hydrogen-bond acceptors (Lipinski definition) is 4. The van der Waals surface area contributed by atoms with Crippen LogP contribution in [0.15, 0.2) is 0 Å². The van der Waals surface area contributed by atoms with Crippen LogP contribution in [-0.2, 0) is 13.0 Å². The molecule has 1 aliphatic carbocycles. The Morgan fingerprint density at radius 1 is 1.35 bits per heavy atom. The summed E-state index contributed by atoms with van der Waals surface area (Å²) in [4.78, 5) is 8.69. The van der Waals surface area contributed by atoms with Gasteiger partial charge in [0.2, 0.25) is 0 Å². The Morgan fingerprint density at radius 2 is 2.00 bits per heavy atom. The topological polar surface area (TPSA) is 28.2 Å². The third-order valence-corrected chi connectivity index (χ3v) is 5.79. The van der Waals surface area contributed by atoms with Crippen LogP contribution in [0.25, 0.3) is 0 Å². The van der Waals surface area contributed by atoms with Crippen molar-refractivity contribution < 1.29 is 0 Å². The maximum Gasteiger partial charge on any atom is 0.185 e. The fourth-order valence-electron chi connectivity index (χ4n) is 3.02. The first-order valence-electron chi connectivity index (χ1n) is 7.83. The van der Waals surface area contributed by atoms with Gasteiger partial charge in [-0.05, 0) is 44.6 Å². The number of aryl methyl sites for hydroxylation is 1. The van der Waals surface area contributed by atoms with Crippen LogP contribution in [0.3, 0.4) is 0 Å². The summed E-state index contributed by atoms with van der Waals surface area (Å²) in [5.41, 5.74) is 1.80. The number of nitrogens with zero attached hydrogens (tertiary/aromatic N) is 2. The summed E-state index contributed by atoms with van der Waals surface area (Å²) >= 11 is 1.86. The Morgan fingerprint density at radius 3 is 2.55 bits per heavy atom. The number of nitrogens with one attached hydrogen (secondary N) is 1. The van der Waals surface area contributed by atoms with Crippen LogP contribution >= 0.6 is 11.3 Å². The van der Waals surface area contributed by atoms with Gasteiger partial charge in [-0.1, -0.05) is 20.8 Å². The zero-order chi connectivity index (χ0) is 14.8. The van der Waals surface area contributed by atoms with Crippen molar-refractivity contribution in [1.29, 1.82) is 0 Å². The van der Waals surface area contributed by atoms with Crippen molar-refractivity contribution in [2.75, 3.05) is 19.0 Å². The van der Waals surface area contributed by atoms with E-state index in [1.165, 1.54) is 41.4 Å². The van der Waals surface area contributed by atoms with Gasteiger partial charge in [0, 0.05) is 24.5 Å². The first-order chi connectivity index (χ1) is 9.46. The second kappa shape index (κ2) is 6.44. The van der Waals surface area contributed by atoms with Gasteiger partial charge in [-0.3, -0.25) is 0 Å². The molecule has 1 aromatic heterocycles. The van der Waals surface area contributed by atoms with E-state index in [1.54, 1.807) is 0 Å². The van der Waals surface area contributed by atoms with Crippen LogP contribution in [-0.4, -0.2) is 25.1 Å². The van der Waals surface area contributed by atoms with Gasteiger partial charge < -0.3 is 10.2 Å². The number of thiazole rings is 1. The van der Waals surface area contributed by atoms with Crippen LogP contribution in [0, 0.1) is 5.41 Å². The molecule has 0 amide bonds. The Hall–Kier alpha value is -0.610. The Balaban J connectivity index is 2.07. The molecular weight excluding hydrogens is 266 g/mol. The molecule has 2 rings (SSSR count). The molecule has 0 atom stereocenters. The number of rotatable bonds is 5. The van der Waals surface area contributed by atoms with Gasteiger partial charge in [-0.15, -0.1) is 11.3 Å². The summed E-state index contributed by atoms with van der Waals surface area (Å²) in [7, 11) is 4.23. The summed E-state index contributed by atoms with van der Waals surface area (Å²) in [6.07, 6.45) is 6.28. The Kier molecular flexibility index (Phi) is 5.08. The molecule has 0 aliphatic heterocycles. The molecule has 0 spiro atoms. The molecule has 0 bridgehead atoms. The predicted molar refractivity (Wildman–Crippen MR) is 88.7 cm³/mol. The van der Waals surface area contributed by atoms with E-state index in [-0.39, 0.29) is 0 Å². The minimum Gasteiger partial charge on any atom is -0.348 e. The third-order valence-electron chi connectivity index (χ3n) is 4.60. The largest absolute Gasteiger partial charge is 0.348 e. The van der Waals surface area contributed by atoms with Crippen molar-refractivity contribution in [3.05, 3.63) is 10.6 Å². The van der Waals surface area contributed by atoms with Crippen molar-refractivity contribution in [3.8, 4) is 0 Å². The second-order valence-electron chi connectivity index (χ2n) is 6.76. The highest BCUT2D eigenvalue weighted by molar-refractivity contribution is 7.15. The standard InChI is InChI=1S/C16H29N3S/c1-6-13-14(11-17-4)20-15(18-13)19(5)12-7-9-16(2,3)10-8-12/h12,17H,6-11H2,1-5H3. The van der Waals surface area contributed by atoms with E-state index in [9.17, 15) is 0 Å². The lowest BCUT2D eigenvalue weighted by atomic mass is 9.75. The van der Waals surface area contributed by atoms with Gasteiger partial charge >= 0.3 is 0 Å². The average molecular weight is 295 g/mol. The van der Waals surface area contributed by atoms with E-state index in [4.69, 9.17) is 4.98 Å². The highest BCUT2D eigenvalue weighted by Crippen LogP contribution is 2.38. The smallest absolute Gasteiger partial charge is 0.185 e. The maximum atomic E-state index is 4.86. The molecule has 0 radical (unpaired) electrons. The normalized spacial score (nSPS) is 19.2. The molecule has 20 heavy (non-hydrogen) atoms. The summed E-state index contributed by atoms with van der Waals surface area (Å²) in [6.45, 7) is 7.92. The van der Waals surface area contributed by atoms with Gasteiger partial charge in [-0.25, -0.2) is 4.98 Å². The molecule has 1 fully saturated rings. The average Bonchev–Trinajstić information content (AvgIpc) is 2.81. The highest BCUT2D eigenvalue weighted by atomic mass is 32.1. The lowest BCUT2D eigenvalue weighted by Gasteiger charge is -2.38. The van der Waals surface area contributed by atoms with Crippen molar-refractivity contribution >= 4 is 16.5 Å². The number of aromatic nitrogens is 1. The van der Waals surface area contributed by atoms with E-state index in [1.807, 2.05) is 18.4 Å². The molecule has 3 nitrogen and oxygen atoms in total. The first kappa shape index (κ1) is 15.8. The van der Waals surface area contributed by atoms with Crippen molar-refractivity contribution in [2.24, 2.45) is 5.41 Å². The maximum absolute atomic E-state index is 4.86. The quantitative estimate of drug-likeness (QED) is 0.895. The van der Waals surface area contributed by atoms with Gasteiger partial charge in [-0.2, -0.15) is 0 Å². The fraction of sp³-hybridized carbons (Fsp3) is 0.812. The lowest BCUT2D eigenvalue weighted by molar-refractivity contribution is 0.222. The fourth-order valence-corrected chi connectivity index (χ4v) is 4.22. The minimum atomic E-state index is 0.534. The zero-order valence-electron chi connectivity index (χ0n) is 13.6. The van der Waals surface area contributed by atoms with E-state index < -0.39 is 0 Å². The monoisotopic (exact) mass is 295 g/mol. The van der Waals surface area contributed by atoms with Gasteiger partial charge in [0.05, 0.1) is 5.69 Å². The molecule has 114 valence electrons. The zero-order valence-corrected chi connectivity index (χ0v) is 14.4. The molecule has 1 heterocycles. The molecule has 1 saturated carbocycles. The summed E-state index contributed by atoms with van der Waals surface area (Å²) in [5.74, 6) is 0. The van der Waals surface area contributed by atoms with E-state index in [2.05, 4.69) is 38.0 Å². The molecule has 0 aromatic carbocycles. The van der Waals surface area contributed by atoms with E-state index in [0.29, 0.717) is 11.5 Å². The number of hydrogen-bond donors (Lipinski definition) is 1. The second-order valence-corrected chi connectivity index (χ2v) is 7.82. The lowest BCUT2D eigenvalue weighted by Crippen LogP contribution is -2.37. The van der Waals surface area contributed by atoms with E-state index >= 15 is 0 Å². The third kappa shape index (κ3) is 3.53.